The van der Waals surface area contributed by atoms with Crippen molar-refractivity contribution in [2.75, 3.05) is 19.8 Å². The van der Waals surface area contributed by atoms with Crippen LogP contribution in [0.25, 0.3) is 0 Å². The van der Waals surface area contributed by atoms with Crippen molar-refractivity contribution in [3.8, 4) is 0 Å². The molecule has 0 spiro atoms. The molecule has 1 fully saturated rings. The Bertz CT molecular complexity index is 618. The van der Waals surface area contributed by atoms with Crippen LogP contribution in [0.5, 0.6) is 0 Å². The molecule has 152 valence electrons. The highest BCUT2D eigenvalue weighted by atomic mass is 19.1. The molecular formula is C24H38FNO. The fourth-order valence-electron chi connectivity index (χ4n) is 5.16. The number of hydrogen-bond acceptors (Lipinski definition) is 2. The van der Waals surface area contributed by atoms with E-state index in [0.29, 0.717) is 12.3 Å². The first kappa shape index (κ1) is 20.8. The largest absolute Gasteiger partial charge is 0.389 e. The standard InChI is InChI=1S/C24H38FNO/c1-4-6-7-19-8-9-20-10-13-26-17-21(14-18(3)5-2)24(27,11-12-25)16-23(26)22(20)15-19/h8-9,15,18,21,23,27H,4-7,10-14,16-17H2,1-3H3/t18?,21-,23-,24-/m1/s1. The summed E-state index contributed by atoms with van der Waals surface area (Å²) in [5, 5.41) is 11.5. The van der Waals surface area contributed by atoms with Gasteiger partial charge in [0.1, 0.15) is 0 Å². The highest BCUT2D eigenvalue weighted by molar-refractivity contribution is 5.37. The van der Waals surface area contributed by atoms with Crippen molar-refractivity contribution in [1.82, 2.24) is 4.90 Å². The van der Waals surface area contributed by atoms with E-state index in [4.69, 9.17) is 0 Å². The van der Waals surface area contributed by atoms with Crippen LogP contribution in [-0.2, 0) is 12.8 Å². The summed E-state index contributed by atoms with van der Waals surface area (Å²) in [5.41, 5.74) is 3.37. The Morgan fingerprint density at radius 1 is 1.33 bits per heavy atom. The van der Waals surface area contributed by atoms with Crippen LogP contribution >= 0.6 is 0 Å². The van der Waals surface area contributed by atoms with Gasteiger partial charge in [0, 0.05) is 31.5 Å². The zero-order valence-corrected chi connectivity index (χ0v) is 17.5. The second-order valence-corrected chi connectivity index (χ2v) is 9.09. The second-order valence-electron chi connectivity index (χ2n) is 9.09. The lowest BCUT2D eigenvalue weighted by molar-refractivity contribution is -0.111. The van der Waals surface area contributed by atoms with Gasteiger partial charge in [-0.05, 0) is 54.7 Å². The molecule has 0 saturated carbocycles. The lowest BCUT2D eigenvalue weighted by Gasteiger charge is -2.52. The fraction of sp³-hybridized carbons (Fsp3) is 0.750. The highest BCUT2D eigenvalue weighted by Crippen LogP contribution is 2.46. The van der Waals surface area contributed by atoms with Gasteiger partial charge in [0.25, 0.3) is 0 Å². The zero-order chi connectivity index (χ0) is 19.4. The molecule has 1 saturated heterocycles. The van der Waals surface area contributed by atoms with E-state index in [2.05, 4.69) is 43.9 Å². The van der Waals surface area contributed by atoms with Crippen molar-refractivity contribution >= 4 is 0 Å². The maximum absolute atomic E-state index is 13.4. The molecule has 1 unspecified atom stereocenters. The molecule has 0 amide bonds. The van der Waals surface area contributed by atoms with Crippen LogP contribution in [0.2, 0.25) is 0 Å². The Morgan fingerprint density at radius 2 is 2.15 bits per heavy atom. The van der Waals surface area contributed by atoms with Gasteiger partial charge in [-0.2, -0.15) is 0 Å². The van der Waals surface area contributed by atoms with Gasteiger partial charge in [-0.1, -0.05) is 51.8 Å². The van der Waals surface area contributed by atoms with Crippen molar-refractivity contribution in [2.45, 2.75) is 83.8 Å². The van der Waals surface area contributed by atoms with Gasteiger partial charge < -0.3 is 5.11 Å². The summed E-state index contributed by atoms with van der Waals surface area (Å²) in [5.74, 6) is 0.764. The maximum atomic E-state index is 13.4. The lowest BCUT2D eigenvalue weighted by atomic mass is 9.69. The van der Waals surface area contributed by atoms with Crippen molar-refractivity contribution in [2.24, 2.45) is 11.8 Å². The average molecular weight is 376 g/mol. The van der Waals surface area contributed by atoms with E-state index in [0.717, 1.165) is 38.8 Å². The van der Waals surface area contributed by atoms with Gasteiger partial charge >= 0.3 is 0 Å². The van der Waals surface area contributed by atoms with Crippen LogP contribution < -0.4 is 0 Å². The summed E-state index contributed by atoms with van der Waals surface area (Å²) in [6.45, 7) is 8.24. The molecule has 3 rings (SSSR count). The molecule has 0 aromatic heterocycles. The Labute approximate surface area is 165 Å². The first-order chi connectivity index (χ1) is 13.0. The molecule has 27 heavy (non-hydrogen) atoms. The molecule has 2 aliphatic heterocycles. The van der Waals surface area contributed by atoms with E-state index in [-0.39, 0.29) is 18.4 Å². The van der Waals surface area contributed by atoms with E-state index in [1.54, 1.807) is 0 Å². The predicted octanol–water partition coefficient (Wildman–Crippen LogP) is 5.48. The average Bonchev–Trinajstić information content (AvgIpc) is 2.67. The number of benzene rings is 1. The number of fused-ring (bicyclic) bond motifs is 3. The molecule has 0 bridgehead atoms. The summed E-state index contributed by atoms with van der Waals surface area (Å²) < 4.78 is 13.4. The summed E-state index contributed by atoms with van der Waals surface area (Å²) in [6, 6.07) is 7.22. The molecule has 2 nitrogen and oxygen atoms in total. The summed E-state index contributed by atoms with van der Waals surface area (Å²) in [4.78, 5) is 2.58. The minimum Gasteiger partial charge on any atom is -0.389 e. The van der Waals surface area contributed by atoms with Gasteiger partial charge in [0.05, 0.1) is 12.3 Å². The van der Waals surface area contributed by atoms with Crippen LogP contribution in [0.15, 0.2) is 18.2 Å². The monoisotopic (exact) mass is 375 g/mol. The number of piperidine rings is 1. The molecule has 1 N–H and O–H groups in total. The third-order valence-electron chi connectivity index (χ3n) is 7.17. The molecule has 1 aromatic carbocycles. The molecule has 2 heterocycles. The molecule has 0 aliphatic carbocycles. The summed E-state index contributed by atoms with van der Waals surface area (Å²) in [7, 11) is 0. The molecular weight excluding hydrogens is 337 g/mol. The lowest BCUT2D eigenvalue weighted by Crippen LogP contribution is -2.55. The van der Waals surface area contributed by atoms with Crippen LogP contribution in [0.3, 0.4) is 0 Å². The molecule has 2 aliphatic rings. The van der Waals surface area contributed by atoms with E-state index >= 15 is 0 Å². The Kier molecular flexibility index (Phi) is 6.97. The molecule has 4 atom stereocenters. The van der Waals surface area contributed by atoms with E-state index < -0.39 is 12.3 Å². The first-order valence-electron chi connectivity index (χ1n) is 11.1. The van der Waals surface area contributed by atoms with Crippen molar-refractivity contribution in [1.29, 1.82) is 0 Å². The fourth-order valence-corrected chi connectivity index (χ4v) is 5.16. The van der Waals surface area contributed by atoms with Crippen LogP contribution in [0.1, 0.15) is 82.0 Å². The van der Waals surface area contributed by atoms with Gasteiger partial charge in [0.2, 0.25) is 0 Å². The highest BCUT2D eigenvalue weighted by Gasteiger charge is 2.47. The number of halogens is 1. The number of rotatable bonds is 8. The Hall–Kier alpha value is -0.930. The van der Waals surface area contributed by atoms with Crippen molar-refractivity contribution < 1.29 is 9.50 Å². The maximum Gasteiger partial charge on any atom is 0.0922 e. The van der Waals surface area contributed by atoms with E-state index in [1.165, 1.54) is 29.5 Å². The van der Waals surface area contributed by atoms with Gasteiger partial charge in [-0.15, -0.1) is 0 Å². The molecule has 0 radical (unpaired) electrons. The smallest absolute Gasteiger partial charge is 0.0922 e. The number of nitrogens with zero attached hydrogens (tertiary/aromatic N) is 1. The number of hydrogen-bond donors (Lipinski definition) is 1. The van der Waals surface area contributed by atoms with Crippen LogP contribution in [0, 0.1) is 11.8 Å². The second kappa shape index (κ2) is 9.05. The zero-order valence-electron chi connectivity index (χ0n) is 17.5. The van der Waals surface area contributed by atoms with Gasteiger partial charge in [-0.25, -0.2) is 0 Å². The topological polar surface area (TPSA) is 23.5 Å². The van der Waals surface area contributed by atoms with Crippen molar-refractivity contribution in [3.05, 3.63) is 34.9 Å². The van der Waals surface area contributed by atoms with Gasteiger partial charge in [0.15, 0.2) is 0 Å². The minimum absolute atomic E-state index is 0.185. The van der Waals surface area contributed by atoms with Crippen molar-refractivity contribution in [3.63, 3.8) is 0 Å². The SMILES string of the molecule is CCCCc1ccc2c(c1)[C@H]1C[C@](O)(CCF)[C@H](CC(C)CC)CN1CC2. The van der Waals surface area contributed by atoms with Gasteiger partial charge in [-0.3, -0.25) is 9.29 Å². The van der Waals surface area contributed by atoms with E-state index in [1.807, 2.05) is 0 Å². The Morgan fingerprint density at radius 3 is 2.85 bits per heavy atom. The summed E-state index contributed by atoms with van der Waals surface area (Å²) >= 11 is 0. The molecule has 3 heteroatoms. The van der Waals surface area contributed by atoms with Crippen LogP contribution in [-0.4, -0.2) is 35.4 Å². The minimum atomic E-state index is -0.868. The number of aryl methyl sites for hydroxylation is 1. The Balaban J connectivity index is 1.86. The summed E-state index contributed by atoms with van der Waals surface area (Å²) in [6.07, 6.45) is 7.73. The predicted molar refractivity (Wildman–Crippen MR) is 111 cm³/mol. The first-order valence-corrected chi connectivity index (χ1v) is 11.1. The molecule has 1 aromatic rings. The third-order valence-corrected chi connectivity index (χ3v) is 7.17. The third kappa shape index (κ3) is 4.56. The number of alkyl halides is 1. The number of unbranched alkanes of at least 4 members (excludes halogenated alkanes) is 1. The van der Waals surface area contributed by atoms with E-state index in [9.17, 15) is 9.50 Å². The normalized spacial score (nSPS) is 29.2. The number of aliphatic hydroxyl groups is 1. The van der Waals surface area contributed by atoms with Crippen LogP contribution in [0.4, 0.5) is 4.39 Å². The quantitative estimate of drug-likeness (QED) is 0.651.